The lowest BCUT2D eigenvalue weighted by atomic mass is 10.2. The predicted molar refractivity (Wildman–Crippen MR) is 94.7 cm³/mol. The third-order valence-electron chi connectivity index (χ3n) is 3.52. The number of hydrogen-bond acceptors (Lipinski definition) is 5. The highest BCUT2D eigenvalue weighted by Gasteiger charge is 2.21. The van der Waals surface area contributed by atoms with Gasteiger partial charge in [-0.25, -0.2) is 9.78 Å². The first kappa shape index (κ1) is 17.0. The number of benzene rings is 1. The van der Waals surface area contributed by atoms with Crippen molar-refractivity contribution in [3.63, 3.8) is 0 Å². The Hall–Kier alpha value is -2.89. The molecule has 1 aromatic carbocycles. The first-order valence-electron chi connectivity index (χ1n) is 8.09. The van der Waals surface area contributed by atoms with Gasteiger partial charge in [0.15, 0.2) is 0 Å². The number of nitrogens with zero attached hydrogens (tertiary/aromatic N) is 3. The minimum absolute atomic E-state index is 0.429. The lowest BCUT2D eigenvalue weighted by Gasteiger charge is -2.19. The lowest BCUT2D eigenvalue weighted by molar-refractivity contribution is 0.0522. The number of fused-ring (bicyclic) bond motifs is 1. The molecule has 0 radical (unpaired) electrons. The van der Waals surface area contributed by atoms with Crippen molar-refractivity contribution in [3.8, 4) is 5.88 Å². The predicted octanol–water partition coefficient (Wildman–Crippen LogP) is 4.10. The fraction of sp³-hybridized carbons (Fsp3) is 0.316. The van der Waals surface area contributed by atoms with Crippen LogP contribution < -0.4 is 4.74 Å². The van der Waals surface area contributed by atoms with E-state index in [1.165, 1.54) is 4.68 Å². The second kappa shape index (κ2) is 6.55. The zero-order valence-electron chi connectivity index (χ0n) is 14.8. The highest BCUT2D eigenvalue weighted by molar-refractivity contribution is 5.89. The van der Waals surface area contributed by atoms with E-state index in [0.717, 1.165) is 10.9 Å². The summed E-state index contributed by atoms with van der Waals surface area (Å²) in [4.78, 5) is 16.6. The summed E-state index contributed by atoms with van der Waals surface area (Å²) in [6.07, 6.45) is 1.06. The minimum Gasteiger partial charge on any atom is -0.473 e. The van der Waals surface area contributed by atoms with Crippen molar-refractivity contribution in [1.29, 1.82) is 0 Å². The standard InChI is InChI=1S/C19H21N3O3/c1-13-15-10-17(24-12-14-8-6-5-7-9-14)20-11-16(15)22(21-13)18(23)25-19(2,3)4/h5-11H,12H2,1-4H3. The highest BCUT2D eigenvalue weighted by Crippen LogP contribution is 2.23. The summed E-state index contributed by atoms with van der Waals surface area (Å²) in [6, 6.07) is 11.7. The molecule has 6 nitrogen and oxygen atoms in total. The van der Waals surface area contributed by atoms with E-state index in [1.54, 1.807) is 12.3 Å². The van der Waals surface area contributed by atoms with Crippen LogP contribution in [0.25, 0.3) is 10.9 Å². The Balaban J connectivity index is 1.84. The van der Waals surface area contributed by atoms with Crippen LogP contribution in [-0.2, 0) is 11.3 Å². The molecule has 6 heteroatoms. The van der Waals surface area contributed by atoms with E-state index in [2.05, 4.69) is 10.1 Å². The minimum atomic E-state index is -0.588. The van der Waals surface area contributed by atoms with E-state index in [-0.39, 0.29) is 0 Å². The summed E-state index contributed by atoms with van der Waals surface area (Å²) >= 11 is 0. The largest absolute Gasteiger partial charge is 0.473 e. The molecule has 3 aromatic rings. The van der Waals surface area contributed by atoms with Crippen molar-refractivity contribution >= 4 is 17.0 Å². The van der Waals surface area contributed by atoms with Gasteiger partial charge in [-0.2, -0.15) is 9.78 Å². The monoisotopic (exact) mass is 339 g/mol. The van der Waals surface area contributed by atoms with Crippen molar-refractivity contribution in [2.24, 2.45) is 0 Å². The topological polar surface area (TPSA) is 66.2 Å². The van der Waals surface area contributed by atoms with Crippen LogP contribution in [0.3, 0.4) is 0 Å². The first-order valence-corrected chi connectivity index (χ1v) is 8.09. The Morgan fingerprint density at radius 2 is 1.92 bits per heavy atom. The molecular formula is C19H21N3O3. The molecular weight excluding hydrogens is 318 g/mol. The van der Waals surface area contributed by atoms with Gasteiger partial charge >= 0.3 is 6.09 Å². The van der Waals surface area contributed by atoms with E-state index in [0.29, 0.717) is 23.7 Å². The second-order valence-electron chi connectivity index (χ2n) is 6.79. The van der Waals surface area contributed by atoms with Crippen LogP contribution in [-0.4, -0.2) is 26.5 Å². The Bertz CT molecular complexity index is 895. The Morgan fingerprint density at radius 3 is 2.60 bits per heavy atom. The Labute approximate surface area is 146 Å². The molecule has 0 bridgehead atoms. The molecule has 0 spiro atoms. The first-order chi connectivity index (χ1) is 11.8. The molecule has 0 atom stereocenters. The molecule has 0 N–H and O–H groups in total. The summed E-state index contributed by atoms with van der Waals surface area (Å²) < 4.78 is 12.4. The van der Waals surface area contributed by atoms with Gasteiger partial charge in [-0.05, 0) is 33.3 Å². The molecule has 0 fully saturated rings. The number of hydrogen-bond donors (Lipinski definition) is 0. The van der Waals surface area contributed by atoms with Crippen molar-refractivity contribution in [1.82, 2.24) is 14.8 Å². The van der Waals surface area contributed by atoms with Crippen molar-refractivity contribution in [2.75, 3.05) is 0 Å². The zero-order chi connectivity index (χ0) is 18.0. The van der Waals surface area contributed by atoms with Gasteiger partial charge in [-0.15, -0.1) is 0 Å². The van der Waals surface area contributed by atoms with Gasteiger partial charge in [-0.1, -0.05) is 30.3 Å². The summed E-state index contributed by atoms with van der Waals surface area (Å²) in [5.74, 6) is 0.489. The van der Waals surface area contributed by atoms with Crippen LogP contribution in [0.15, 0.2) is 42.6 Å². The van der Waals surface area contributed by atoms with Crippen LogP contribution >= 0.6 is 0 Å². The molecule has 0 aliphatic rings. The van der Waals surface area contributed by atoms with Crippen LogP contribution in [0.4, 0.5) is 4.79 Å². The molecule has 0 unspecified atom stereocenters. The average molecular weight is 339 g/mol. The van der Waals surface area contributed by atoms with Gasteiger partial charge in [0.05, 0.1) is 17.4 Å². The maximum atomic E-state index is 12.3. The number of pyridine rings is 1. The molecule has 0 amide bonds. The molecule has 0 saturated heterocycles. The summed E-state index contributed by atoms with van der Waals surface area (Å²) in [5, 5.41) is 5.09. The Kier molecular flexibility index (Phi) is 4.44. The van der Waals surface area contributed by atoms with Crippen LogP contribution in [0.5, 0.6) is 5.88 Å². The van der Waals surface area contributed by atoms with Gasteiger partial charge in [-0.3, -0.25) is 0 Å². The maximum absolute atomic E-state index is 12.3. The number of carbonyl (C=O) groups excluding carboxylic acids is 1. The summed E-state index contributed by atoms with van der Waals surface area (Å²) in [6.45, 7) is 7.72. The van der Waals surface area contributed by atoms with Gasteiger partial charge in [0.2, 0.25) is 5.88 Å². The van der Waals surface area contributed by atoms with Gasteiger partial charge in [0.1, 0.15) is 12.2 Å². The molecule has 3 rings (SSSR count). The van der Waals surface area contributed by atoms with Crippen LogP contribution in [0, 0.1) is 6.92 Å². The second-order valence-corrected chi connectivity index (χ2v) is 6.79. The van der Waals surface area contributed by atoms with E-state index >= 15 is 0 Å². The third kappa shape index (κ3) is 3.96. The third-order valence-corrected chi connectivity index (χ3v) is 3.52. The highest BCUT2D eigenvalue weighted by atomic mass is 16.6. The lowest BCUT2D eigenvalue weighted by Crippen LogP contribution is -2.27. The summed E-state index contributed by atoms with van der Waals surface area (Å²) in [5.41, 5.74) is 1.78. The van der Waals surface area contributed by atoms with Crippen molar-refractivity contribution in [3.05, 3.63) is 53.9 Å². The number of aryl methyl sites for hydroxylation is 1. The Morgan fingerprint density at radius 1 is 1.20 bits per heavy atom. The van der Waals surface area contributed by atoms with Crippen LogP contribution in [0.1, 0.15) is 32.0 Å². The van der Waals surface area contributed by atoms with E-state index in [4.69, 9.17) is 9.47 Å². The normalized spacial score (nSPS) is 11.5. The molecule has 130 valence electrons. The smallest absolute Gasteiger partial charge is 0.435 e. The number of carbonyl (C=O) groups is 1. The van der Waals surface area contributed by atoms with E-state index in [1.807, 2.05) is 58.0 Å². The molecule has 0 saturated carbocycles. The maximum Gasteiger partial charge on any atom is 0.435 e. The van der Waals surface area contributed by atoms with Crippen molar-refractivity contribution < 1.29 is 14.3 Å². The van der Waals surface area contributed by atoms with E-state index in [9.17, 15) is 4.79 Å². The fourth-order valence-corrected chi connectivity index (χ4v) is 2.40. The number of ether oxygens (including phenoxy) is 2. The molecule has 25 heavy (non-hydrogen) atoms. The van der Waals surface area contributed by atoms with Gasteiger partial charge < -0.3 is 9.47 Å². The molecule has 0 aliphatic carbocycles. The molecule has 0 aliphatic heterocycles. The van der Waals surface area contributed by atoms with Gasteiger partial charge in [0.25, 0.3) is 0 Å². The van der Waals surface area contributed by atoms with Gasteiger partial charge in [0, 0.05) is 11.5 Å². The molecule has 2 aromatic heterocycles. The summed E-state index contributed by atoms with van der Waals surface area (Å²) in [7, 11) is 0. The zero-order valence-corrected chi connectivity index (χ0v) is 14.8. The van der Waals surface area contributed by atoms with Crippen LogP contribution in [0.2, 0.25) is 0 Å². The van der Waals surface area contributed by atoms with Crippen molar-refractivity contribution in [2.45, 2.75) is 39.9 Å². The number of aromatic nitrogens is 3. The van der Waals surface area contributed by atoms with E-state index < -0.39 is 11.7 Å². The average Bonchev–Trinajstić information content (AvgIpc) is 2.89. The fourth-order valence-electron chi connectivity index (χ4n) is 2.40. The quantitative estimate of drug-likeness (QED) is 0.718. The number of rotatable bonds is 3. The SMILES string of the molecule is Cc1nn(C(=O)OC(C)(C)C)c2cnc(OCc3ccccc3)cc12. The molecule has 2 heterocycles.